The maximum absolute atomic E-state index is 14.8. The van der Waals surface area contributed by atoms with E-state index >= 15 is 0 Å². The zero-order valence-corrected chi connectivity index (χ0v) is 33.6. The van der Waals surface area contributed by atoms with Crippen LogP contribution in [0.1, 0.15) is 70.6 Å². The number of nitrogens with two attached hydrogens (primary N) is 1. The summed E-state index contributed by atoms with van der Waals surface area (Å²) >= 11 is 0. The van der Waals surface area contributed by atoms with Gasteiger partial charge in [0.05, 0.1) is 30.1 Å². The number of ether oxygens (including phenoxy) is 2. The predicted octanol–water partition coefficient (Wildman–Crippen LogP) is 3.83. The Kier molecular flexibility index (Phi) is 11.2. The molecule has 8 rings (SSSR count). The number of sulfonamides is 1. The maximum atomic E-state index is 14.8. The summed E-state index contributed by atoms with van der Waals surface area (Å²) < 4.78 is 40.4. The number of likely N-dealkylation sites (tertiary alicyclic amines) is 1. The number of aromatic nitrogens is 1. The molecule has 58 heavy (non-hydrogen) atoms. The minimum absolute atomic E-state index is 0.00742. The average Bonchev–Trinajstić information content (AvgIpc) is 4.11. The van der Waals surface area contributed by atoms with Crippen LogP contribution < -0.4 is 25.2 Å². The molecular weight excluding hydrogens is 761 g/mol. The molecule has 4 N–H and O–H groups in total. The Morgan fingerprint density at radius 3 is 2.57 bits per heavy atom. The van der Waals surface area contributed by atoms with Crippen molar-refractivity contribution in [1.29, 1.82) is 0 Å². The summed E-state index contributed by atoms with van der Waals surface area (Å²) in [4.78, 5) is 65.0. The normalized spacial score (nSPS) is 27.9. The summed E-state index contributed by atoms with van der Waals surface area (Å²) in [6.07, 6.45) is 8.75. The number of benzene rings is 2. The monoisotopic (exact) mass is 812 g/mol. The Bertz CT molecular complexity index is 2210. The van der Waals surface area contributed by atoms with Gasteiger partial charge in [-0.25, -0.2) is 13.4 Å². The highest BCUT2D eigenvalue weighted by Gasteiger charge is 2.62. The van der Waals surface area contributed by atoms with E-state index in [4.69, 9.17) is 20.2 Å². The number of nitrogens with zero attached hydrogens (tertiary/aromatic N) is 3. The molecule has 0 spiro atoms. The van der Waals surface area contributed by atoms with Crippen molar-refractivity contribution in [3.63, 3.8) is 0 Å². The number of nitrogens with one attached hydrogen (secondary N) is 2. The molecule has 14 nitrogen and oxygen atoms in total. The fraction of sp³-hybridized carbons (Fsp3) is 0.512. The van der Waals surface area contributed by atoms with E-state index in [9.17, 15) is 27.6 Å². The Morgan fingerprint density at radius 2 is 1.83 bits per heavy atom. The zero-order chi connectivity index (χ0) is 40.6. The van der Waals surface area contributed by atoms with Crippen molar-refractivity contribution in [2.45, 2.75) is 99.6 Å². The number of rotatable bonds is 9. The van der Waals surface area contributed by atoms with Gasteiger partial charge in [0.1, 0.15) is 29.2 Å². The third kappa shape index (κ3) is 8.42. The molecule has 2 aromatic carbocycles. The van der Waals surface area contributed by atoms with E-state index in [1.54, 1.807) is 12.0 Å². The van der Waals surface area contributed by atoms with E-state index in [1.165, 1.54) is 4.90 Å². The predicted molar refractivity (Wildman–Crippen MR) is 217 cm³/mol. The summed E-state index contributed by atoms with van der Waals surface area (Å²) in [5, 5.41) is 3.04. The number of hydrogen-bond donors (Lipinski definition) is 3. The lowest BCUT2D eigenvalue weighted by Crippen LogP contribution is -2.57. The first-order chi connectivity index (χ1) is 27.9. The van der Waals surface area contributed by atoms with Crippen molar-refractivity contribution in [3.05, 3.63) is 66.7 Å². The van der Waals surface area contributed by atoms with Gasteiger partial charge in [-0.1, -0.05) is 55.3 Å². The van der Waals surface area contributed by atoms with Crippen LogP contribution in [0.4, 0.5) is 0 Å². The van der Waals surface area contributed by atoms with Gasteiger partial charge in [-0.15, -0.1) is 0 Å². The molecule has 2 saturated heterocycles. The van der Waals surface area contributed by atoms with E-state index in [0.29, 0.717) is 73.3 Å². The minimum atomic E-state index is -3.89. The van der Waals surface area contributed by atoms with Crippen LogP contribution in [-0.2, 0) is 29.2 Å². The van der Waals surface area contributed by atoms with Crippen LogP contribution in [0.3, 0.4) is 0 Å². The molecule has 0 radical (unpaired) electrons. The van der Waals surface area contributed by atoms with Gasteiger partial charge in [0.15, 0.2) is 0 Å². The molecule has 2 aliphatic carbocycles. The van der Waals surface area contributed by atoms with E-state index in [-0.39, 0.29) is 43.7 Å². The second-order valence-corrected chi connectivity index (χ2v) is 18.5. The first kappa shape index (κ1) is 39.8. The smallest absolute Gasteiger partial charge is 0.259 e. The molecule has 3 aromatic rings. The first-order valence-electron chi connectivity index (χ1n) is 20.5. The number of hydrogen-bond acceptors (Lipinski definition) is 10. The van der Waals surface area contributed by atoms with Crippen LogP contribution in [0.5, 0.6) is 11.5 Å². The van der Waals surface area contributed by atoms with Crippen molar-refractivity contribution in [3.8, 4) is 22.8 Å². The summed E-state index contributed by atoms with van der Waals surface area (Å²) in [7, 11) is -2.31. The fourth-order valence-electron chi connectivity index (χ4n) is 8.67. The number of carbonyl (C=O) groups excluding carboxylic acids is 4. The Hall–Kier alpha value is -5.02. The van der Waals surface area contributed by atoms with Gasteiger partial charge in [0.2, 0.25) is 27.7 Å². The van der Waals surface area contributed by atoms with Crippen LogP contribution in [0.15, 0.2) is 66.7 Å². The van der Waals surface area contributed by atoms with Gasteiger partial charge in [-0.2, -0.15) is 0 Å². The van der Waals surface area contributed by atoms with E-state index in [2.05, 4.69) is 10.0 Å². The molecule has 1 unspecified atom stereocenters. The highest BCUT2D eigenvalue weighted by molar-refractivity contribution is 7.91. The van der Waals surface area contributed by atoms with Crippen LogP contribution in [0.25, 0.3) is 22.2 Å². The van der Waals surface area contributed by atoms with Crippen LogP contribution in [-0.4, -0.2) is 103 Å². The molecule has 2 saturated carbocycles. The summed E-state index contributed by atoms with van der Waals surface area (Å²) in [5.74, 6) is -1.78. The number of pyridine rings is 1. The number of methoxy groups -OCH3 is 1. The molecule has 6 atom stereocenters. The number of amides is 4. The lowest BCUT2D eigenvalue weighted by molar-refractivity contribution is -0.145. The van der Waals surface area contributed by atoms with E-state index in [1.807, 2.05) is 66.7 Å². The molecule has 308 valence electrons. The van der Waals surface area contributed by atoms with Crippen LogP contribution in [0.2, 0.25) is 0 Å². The van der Waals surface area contributed by atoms with Gasteiger partial charge in [0.25, 0.3) is 5.91 Å². The van der Waals surface area contributed by atoms with Gasteiger partial charge in [0, 0.05) is 66.9 Å². The summed E-state index contributed by atoms with van der Waals surface area (Å²) in [6.45, 7) is 1.03. The van der Waals surface area contributed by atoms with Gasteiger partial charge in [-0.3, -0.25) is 23.9 Å². The standard InChI is InChI=1S/C43H52N6O8S/c1-56-31-14-17-34-36(21-31)45-35(27-10-7-5-8-11-27)23-38(34)57-32-22-37-40(51)46-43(42(53)47-58(54,55)33-15-16-33)24-29(43)13-9-4-2-3-6-12-28(41(52)49(37)26-32)20-39(50)48-19-18-30(44)25-48/h5,7-11,13-14,17,21,23,28-30,32-33,37H,2-4,6,12,15-16,18-20,22,24-26,44H2,1H3,(H,46,51)(H,47,53)/t28-,29?,30-,32-,37+,43-/m1/s1. The topological polar surface area (TPSA) is 190 Å². The lowest BCUT2D eigenvalue weighted by Gasteiger charge is -2.30. The average molecular weight is 813 g/mol. The van der Waals surface area contributed by atoms with Crippen molar-refractivity contribution >= 4 is 44.6 Å². The second-order valence-electron chi connectivity index (χ2n) is 16.5. The third-order valence-electron chi connectivity index (χ3n) is 12.3. The van der Waals surface area contributed by atoms with Crippen molar-refractivity contribution in [2.75, 3.05) is 26.7 Å². The highest BCUT2D eigenvalue weighted by atomic mass is 32.2. The maximum Gasteiger partial charge on any atom is 0.259 e. The van der Waals surface area contributed by atoms with Crippen molar-refractivity contribution in [1.82, 2.24) is 24.8 Å². The zero-order valence-electron chi connectivity index (χ0n) is 32.8. The molecule has 4 fully saturated rings. The molecule has 3 aliphatic heterocycles. The lowest BCUT2D eigenvalue weighted by atomic mass is 9.94. The van der Waals surface area contributed by atoms with Gasteiger partial charge in [-0.05, 0) is 57.1 Å². The van der Waals surface area contributed by atoms with E-state index < -0.39 is 56.6 Å². The number of fused-ring (bicyclic) bond motifs is 3. The Labute approximate surface area is 338 Å². The summed E-state index contributed by atoms with van der Waals surface area (Å²) in [6, 6.07) is 15.9. The highest BCUT2D eigenvalue weighted by Crippen LogP contribution is 2.46. The van der Waals surface area contributed by atoms with E-state index in [0.717, 1.165) is 24.8 Å². The fourth-order valence-corrected chi connectivity index (χ4v) is 10.0. The third-order valence-corrected chi connectivity index (χ3v) is 14.1. The SMILES string of the molecule is COc1ccc2c(O[C@@H]3C[C@H]4C(=O)N[C@]5(C(=O)NS(=O)(=O)C6CC6)CC5C=CCCCCC[C@H](CC(=O)N5CC[C@@H](N)C5)C(=O)N4C3)cc(-c3ccccc3)nc2c1. The van der Waals surface area contributed by atoms with Crippen molar-refractivity contribution in [2.24, 2.45) is 17.6 Å². The molecule has 1 aromatic heterocycles. The molecular formula is C43H52N6O8S. The van der Waals surface area contributed by atoms with Gasteiger partial charge >= 0.3 is 0 Å². The van der Waals surface area contributed by atoms with Crippen LogP contribution >= 0.6 is 0 Å². The first-order valence-corrected chi connectivity index (χ1v) is 22.1. The second kappa shape index (κ2) is 16.3. The van der Waals surface area contributed by atoms with Crippen LogP contribution in [0, 0.1) is 11.8 Å². The molecule has 4 heterocycles. The molecule has 15 heteroatoms. The Morgan fingerprint density at radius 1 is 1.02 bits per heavy atom. The Balaban J connectivity index is 1.12. The largest absolute Gasteiger partial charge is 0.497 e. The summed E-state index contributed by atoms with van der Waals surface area (Å²) in [5.41, 5.74) is 6.82. The van der Waals surface area contributed by atoms with Gasteiger partial charge < -0.3 is 30.3 Å². The number of carbonyl (C=O) groups is 4. The van der Waals surface area contributed by atoms with Crippen molar-refractivity contribution < 1.29 is 37.1 Å². The number of allylic oxidation sites excluding steroid dienone is 1. The molecule has 0 bridgehead atoms. The quantitative estimate of drug-likeness (QED) is 0.268. The molecule has 4 amide bonds. The molecule has 5 aliphatic rings. The minimum Gasteiger partial charge on any atom is -0.497 e.